The first-order chi connectivity index (χ1) is 13.3. The second-order valence-corrected chi connectivity index (χ2v) is 7.29. The third-order valence-corrected chi connectivity index (χ3v) is 5.01. The maximum Gasteiger partial charge on any atom is 0.287 e. The summed E-state index contributed by atoms with van der Waals surface area (Å²) in [5, 5.41) is 3.87. The molecule has 0 radical (unpaired) electrons. The number of para-hydroxylation sites is 1. The molecule has 0 aliphatic carbocycles. The van der Waals surface area contributed by atoms with Crippen LogP contribution in [0.15, 0.2) is 40.8 Å². The van der Waals surface area contributed by atoms with Gasteiger partial charge in [0.25, 0.3) is 5.91 Å². The van der Waals surface area contributed by atoms with Crippen molar-refractivity contribution in [2.24, 2.45) is 0 Å². The first kappa shape index (κ1) is 19.8. The molecule has 148 valence electrons. The Hall–Kier alpha value is -2.95. The molecule has 28 heavy (non-hydrogen) atoms. The molecule has 3 aromatic rings. The first-order valence-electron chi connectivity index (χ1n) is 9.41. The molecule has 1 N–H and O–H groups in total. The predicted molar refractivity (Wildman–Crippen MR) is 110 cm³/mol. The van der Waals surface area contributed by atoms with Gasteiger partial charge in [0.05, 0.1) is 20.3 Å². The summed E-state index contributed by atoms with van der Waals surface area (Å²) >= 11 is 0. The number of nitrogens with one attached hydrogen (secondary N) is 1. The van der Waals surface area contributed by atoms with Crippen molar-refractivity contribution in [1.29, 1.82) is 0 Å². The lowest BCUT2D eigenvalue weighted by atomic mass is 9.93. The van der Waals surface area contributed by atoms with E-state index >= 15 is 0 Å². The van der Waals surface area contributed by atoms with Crippen molar-refractivity contribution >= 4 is 16.9 Å². The topological polar surface area (TPSA) is 60.7 Å². The number of furan rings is 1. The largest absolute Gasteiger partial charge is 0.496 e. The zero-order valence-corrected chi connectivity index (χ0v) is 17.3. The van der Waals surface area contributed by atoms with Gasteiger partial charge in [-0.3, -0.25) is 4.79 Å². The van der Waals surface area contributed by atoms with Gasteiger partial charge in [0, 0.05) is 5.39 Å². The number of fused-ring (bicyclic) bond motifs is 1. The summed E-state index contributed by atoms with van der Waals surface area (Å²) < 4.78 is 16.6. The Balaban J connectivity index is 1.88. The molecule has 1 atom stereocenters. The van der Waals surface area contributed by atoms with E-state index in [9.17, 15) is 4.79 Å². The van der Waals surface area contributed by atoms with Gasteiger partial charge in [-0.2, -0.15) is 0 Å². The van der Waals surface area contributed by atoms with E-state index in [-0.39, 0.29) is 17.7 Å². The van der Waals surface area contributed by atoms with E-state index in [4.69, 9.17) is 13.9 Å². The lowest BCUT2D eigenvalue weighted by molar-refractivity contribution is 0.0914. The van der Waals surface area contributed by atoms with Crippen molar-refractivity contribution in [1.82, 2.24) is 5.32 Å². The molecule has 0 bridgehead atoms. The number of carbonyl (C=O) groups is 1. The number of aryl methyl sites for hydroxylation is 1. The minimum Gasteiger partial charge on any atom is -0.496 e. The van der Waals surface area contributed by atoms with Crippen molar-refractivity contribution in [3.63, 3.8) is 0 Å². The summed E-state index contributed by atoms with van der Waals surface area (Å²) in [5.74, 6) is 1.81. The Kier molecular flexibility index (Phi) is 5.63. The monoisotopic (exact) mass is 381 g/mol. The summed E-state index contributed by atoms with van der Waals surface area (Å²) in [6, 6.07) is 11.3. The molecule has 0 saturated heterocycles. The fraction of sp³-hybridized carbons (Fsp3) is 0.348. The molecule has 1 aromatic heterocycles. The van der Waals surface area contributed by atoms with Crippen LogP contribution in [-0.2, 0) is 0 Å². The Bertz CT molecular complexity index is 1000. The quantitative estimate of drug-likeness (QED) is 0.623. The van der Waals surface area contributed by atoms with Gasteiger partial charge >= 0.3 is 0 Å². The maximum absolute atomic E-state index is 12.8. The number of benzene rings is 2. The minimum atomic E-state index is -0.257. The third kappa shape index (κ3) is 3.70. The standard InChI is InChI=1S/C23H27NO4/c1-13(2)17-12-18(14(3)10-20(17)27-6)15(4)24-23(25)21-11-16-8-7-9-19(26-5)22(16)28-21/h7-13,15H,1-6H3,(H,24,25). The van der Waals surface area contributed by atoms with Crippen molar-refractivity contribution in [2.45, 2.75) is 39.7 Å². The highest BCUT2D eigenvalue weighted by molar-refractivity contribution is 5.97. The van der Waals surface area contributed by atoms with Gasteiger partial charge < -0.3 is 19.2 Å². The number of rotatable bonds is 6. The van der Waals surface area contributed by atoms with Crippen LogP contribution in [0.2, 0.25) is 0 Å². The molecule has 0 aliphatic rings. The summed E-state index contributed by atoms with van der Waals surface area (Å²) in [6.07, 6.45) is 0. The van der Waals surface area contributed by atoms with E-state index in [0.29, 0.717) is 17.3 Å². The SMILES string of the molecule is COc1cc(C)c(C(C)NC(=O)c2cc3cccc(OC)c3o2)cc1C(C)C. The van der Waals surface area contributed by atoms with Gasteiger partial charge in [0.2, 0.25) is 0 Å². The van der Waals surface area contributed by atoms with Crippen LogP contribution in [0.4, 0.5) is 0 Å². The number of amides is 1. The van der Waals surface area contributed by atoms with E-state index in [1.54, 1.807) is 20.3 Å². The zero-order chi connectivity index (χ0) is 20.4. The van der Waals surface area contributed by atoms with Crippen molar-refractivity contribution in [3.8, 4) is 11.5 Å². The highest BCUT2D eigenvalue weighted by Crippen LogP contribution is 2.33. The average Bonchev–Trinajstić information content (AvgIpc) is 3.11. The van der Waals surface area contributed by atoms with E-state index in [1.165, 1.54) is 0 Å². The van der Waals surface area contributed by atoms with Crippen LogP contribution in [0.5, 0.6) is 11.5 Å². The summed E-state index contributed by atoms with van der Waals surface area (Å²) in [6.45, 7) is 8.25. The van der Waals surface area contributed by atoms with Gasteiger partial charge in [-0.25, -0.2) is 0 Å². The molecule has 5 heteroatoms. The lowest BCUT2D eigenvalue weighted by Gasteiger charge is -2.20. The first-order valence-corrected chi connectivity index (χ1v) is 9.41. The lowest BCUT2D eigenvalue weighted by Crippen LogP contribution is -2.27. The predicted octanol–water partition coefficient (Wildman–Crippen LogP) is 5.37. The Labute approximate surface area is 165 Å². The maximum atomic E-state index is 12.8. The van der Waals surface area contributed by atoms with Crippen LogP contribution in [0.1, 0.15) is 60.0 Å². The highest BCUT2D eigenvalue weighted by Gasteiger charge is 2.20. The average molecular weight is 381 g/mol. The minimum absolute atomic E-state index is 0.175. The fourth-order valence-corrected chi connectivity index (χ4v) is 3.46. The number of hydrogen-bond donors (Lipinski definition) is 1. The van der Waals surface area contributed by atoms with E-state index < -0.39 is 0 Å². The van der Waals surface area contributed by atoms with Crippen molar-refractivity contribution in [3.05, 3.63) is 58.8 Å². The summed E-state index contributed by atoms with van der Waals surface area (Å²) in [4.78, 5) is 12.8. The third-order valence-electron chi connectivity index (χ3n) is 5.01. The highest BCUT2D eigenvalue weighted by atomic mass is 16.5. The van der Waals surface area contributed by atoms with E-state index in [2.05, 4.69) is 25.2 Å². The molecule has 2 aromatic carbocycles. The van der Waals surface area contributed by atoms with E-state index in [0.717, 1.165) is 27.8 Å². The van der Waals surface area contributed by atoms with Gasteiger partial charge in [-0.05, 0) is 60.7 Å². The molecule has 3 rings (SSSR count). The van der Waals surface area contributed by atoms with Crippen LogP contribution in [0.3, 0.4) is 0 Å². The molecule has 1 unspecified atom stereocenters. The molecule has 1 heterocycles. The van der Waals surface area contributed by atoms with E-state index in [1.807, 2.05) is 38.1 Å². The second-order valence-electron chi connectivity index (χ2n) is 7.29. The molecule has 0 saturated carbocycles. The summed E-state index contributed by atoms with van der Waals surface area (Å²) in [7, 11) is 3.26. The van der Waals surface area contributed by atoms with Crippen LogP contribution < -0.4 is 14.8 Å². The number of methoxy groups -OCH3 is 2. The van der Waals surface area contributed by atoms with Gasteiger partial charge in [0.1, 0.15) is 5.75 Å². The number of ether oxygens (including phenoxy) is 2. The fourth-order valence-electron chi connectivity index (χ4n) is 3.46. The molecule has 0 spiro atoms. The van der Waals surface area contributed by atoms with Gasteiger partial charge in [-0.15, -0.1) is 0 Å². The Morgan fingerprint density at radius 2 is 1.71 bits per heavy atom. The zero-order valence-electron chi connectivity index (χ0n) is 17.3. The van der Waals surface area contributed by atoms with Gasteiger partial charge in [-0.1, -0.05) is 26.0 Å². The number of hydrogen-bond acceptors (Lipinski definition) is 4. The van der Waals surface area contributed by atoms with Crippen LogP contribution in [0, 0.1) is 6.92 Å². The molecule has 5 nitrogen and oxygen atoms in total. The molecular weight excluding hydrogens is 354 g/mol. The molecular formula is C23H27NO4. The van der Waals surface area contributed by atoms with Crippen molar-refractivity contribution in [2.75, 3.05) is 14.2 Å². The molecule has 0 fully saturated rings. The van der Waals surface area contributed by atoms with Crippen LogP contribution in [-0.4, -0.2) is 20.1 Å². The molecule has 1 amide bonds. The second kappa shape index (κ2) is 7.97. The normalized spacial score (nSPS) is 12.2. The smallest absolute Gasteiger partial charge is 0.287 e. The van der Waals surface area contributed by atoms with Crippen LogP contribution >= 0.6 is 0 Å². The van der Waals surface area contributed by atoms with Crippen molar-refractivity contribution < 1.29 is 18.7 Å². The Morgan fingerprint density at radius 3 is 2.36 bits per heavy atom. The number of carbonyl (C=O) groups excluding carboxylic acids is 1. The Morgan fingerprint density at radius 1 is 1.00 bits per heavy atom. The van der Waals surface area contributed by atoms with Gasteiger partial charge in [0.15, 0.2) is 17.1 Å². The summed E-state index contributed by atoms with van der Waals surface area (Å²) in [5.41, 5.74) is 3.83. The van der Waals surface area contributed by atoms with Crippen LogP contribution in [0.25, 0.3) is 11.0 Å². The molecule has 0 aliphatic heterocycles.